The predicted molar refractivity (Wildman–Crippen MR) is 141 cm³/mol. The number of aryl methyl sites for hydroxylation is 2. The van der Waals surface area contributed by atoms with E-state index < -0.39 is 5.25 Å². The number of hydrogen-bond acceptors (Lipinski definition) is 6. The fourth-order valence-electron chi connectivity index (χ4n) is 3.86. The van der Waals surface area contributed by atoms with E-state index in [1.54, 1.807) is 10.8 Å². The average Bonchev–Trinajstić information content (AvgIpc) is 3.34. The van der Waals surface area contributed by atoms with Crippen LogP contribution in [0.15, 0.2) is 64.0 Å². The standard InChI is InChI=1S/C26H28N4O2S2/c1-4-17-10-9-11-18(5-2)22(17)29-24(31)21(6-3)34-26-28-20-13-15-33-23(20)25(32)30(26)16-19-12-7-8-14-27-19/h7-15,21H,4-6,16H2,1-3H3,(H,29,31)/t21-/m1/s1. The molecule has 3 heterocycles. The molecule has 1 amide bonds. The summed E-state index contributed by atoms with van der Waals surface area (Å²) < 4.78 is 2.25. The van der Waals surface area contributed by atoms with Crippen molar-refractivity contribution in [1.82, 2.24) is 14.5 Å². The van der Waals surface area contributed by atoms with Crippen molar-refractivity contribution in [3.63, 3.8) is 0 Å². The van der Waals surface area contributed by atoms with E-state index in [2.05, 4.69) is 36.3 Å². The van der Waals surface area contributed by atoms with Crippen molar-refractivity contribution in [1.29, 1.82) is 0 Å². The van der Waals surface area contributed by atoms with E-state index >= 15 is 0 Å². The highest BCUT2D eigenvalue weighted by Gasteiger charge is 2.24. The highest BCUT2D eigenvalue weighted by atomic mass is 32.2. The Bertz CT molecular complexity index is 1330. The van der Waals surface area contributed by atoms with Gasteiger partial charge in [0, 0.05) is 11.9 Å². The fourth-order valence-corrected chi connectivity index (χ4v) is 5.65. The Kier molecular flexibility index (Phi) is 7.80. The number of carbonyl (C=O) groups excluding carboxylic acids is 1. The van der Waals surface area contributed by atoms with Crippen LogP contribution in [0.3, 0.4) is 0 Å². The van der Waals surface area contributed by atoms with E-state index in [9.17, 15) is 9.59 Å². The third kappa shape index (κ3) is 5.08. The fraction of sp³-hybridized carbons (Fsp3) is 0.308. The zero-order valence-corrected chi connectivity index (χ0v) is 21.2. The quantitative estimate of drug-likeness (QED) is 0.245. The third-order valence-electron chi connectivity index (χ3n) is 5.74. The van der Waals surface area contributed by atoms with Crippen molar-refractivity contribution in [3.8, 4) is 0 Å². The second-order valence-corrected chi connectivity index (χ2v) is 9.99. The Labute approximate surface area is 207 Å². The van der Waals surface area contributed by atoms with Crippen LogP contribution in [-0.2, 0) is 24.2 Å². The second-order valence-electron chi connectivity index (χ2n) is 7.90. The molecule has 4 rings (SSSR count). The number of thiophene rings is 1. The van der Waals surface area contributed by atoms with Crippen molar-refractivity contribution < 1.29 is 4.79 Å². The largest absolute Gasteiger partial charge is 0.325 e. The molecule has 0 bridgehead atoms. The zero-order valence-electron chi connectivity index (χ0n) is 19.6. The van der Waals surface area contributed by atoms with Gasteiger partial charge in [-0.3, -0.25) is 19.1 Å². The molecule has 4 aromatic rings. The number of pyridine rings is 1. The van der Waals surface area contributed by atoms with Crippen molar-refractivity contribution in [2.45, 2.75) is 57.0 Å². The Morgan fingerprint density at radius 2 is 1.85 bits per heavy atom. The molecule has 0 unspecified atom stereocenters. The van der Waals surface area contributed by atoms with Crippen LogP contribution in [0.2, 0.25) is 0 Å². The monoisotopic (exact) mass is 492 g/mol. The number of carbonyl (C=O) groups is 1. The van der Waals surface area contributed by atoms with Crippen molar-refractivity contribution in [2.24, 2.45) is 0 Å². The number of benzene rings is 1. The maximum absolute atomic E-state index is 13.4. The topological polar surface area (TPSA) is 76.9 Å². The molecule has 0 aliphatic rings. The lowest BCUT2D eigenvalue weighted by Crippen LogP contribution is -2.29. The van der Waals surface area contributed by atoms with Gasteiger partial charge in [0.2, 0.25) is 5.91 Å². The van der Waals surface area contributed by atoms with E-state index in [1.165, 1.54) is 23.1 Å². The lowest BCUT2D eigenvalue weighted by atomic mass is 10.0. The Morgan fingerprint density at radius 3 is 2.50 bits per heavy atom. The summed E-state index contributed by atoms with van der Waals surface area (Å²) in [6.07, 6.45) is 4.00. The summed E-state index contributed by atoms with van der Waals surface area (Å²) >= 11 is 2.72. The van der Waals surface area contributed by atoms with Crippen LogP contribution in [0.1, 0.15) is 44.0 Å². The second kappa shape index (κ2) is 11.0. The van der Waals surface area contributed by atoms with Crippen LogP contribution in [0.5, 0.6) is 0 Å². The van der Waals surface area contributed by atoms with Crippen molar-refractivity contribution >= 4 is 44.9 Å². The van der Waals surface area contributed by atoms with Crippen LogP contribution in [0, 0.1) is 0 Å². The van der Waals surface area contributed by atoms with Gasteiger partial charge in [0.1, 0.15) is 4.70 Å². The summed E-state index contributed by atoms with van der Waals surface area (Å²) in [5.74, 6) is -0.0767. The molecule has 0 aliphatic carbocycles. The summed E-state index contributed by atoms with van der Waals surface area (Å²) in [5.41, 5.74) is 4.48. The number of anilines is 1. The number of amides is 1. The zero-order chi connectivity index (χ0) is 24.1. The molecule has 1 N–H and O–H groups in total. The van der Waals surface area contributed by atoms with Crippen LogP contribution >= 0.6 is 23.1 Å². The minimum atomic E-state index is -0.396. The van der Waals surface area contributed by atoms with Gasteiger partial charge in [0.25, 0.3) is 5.56 Å². The number of hydrogen-bond donors (Lipinski definition) is 1. The Hall–Kier alpha value is -2.97. The lowest BCUT2D eigenvalue weighted by Gasteiger charge is -2.20. The van der Waals surface area contributed by atoms with E-state index in [4.69, 9.17) is 4.98 Å². The SMILES string of the molecule is CCc1cccc(CC)c1NC(=O)[C@@H](CC)Sc1nc2ccsc2c(=O)n1Cc1ccccn1. The average molecular weight is 493 g/mol. The first-order valence-corrected chi connectivity index (χ1v) is 13.3. The molecule has 176 valence electrons. The normalized spacial score (nSPS) is 12.1. The van der Waals surface area contributed by atoms with Gasteiger partial charge >= 0.3 is 0 Å². The third-order valence-corrected chi connectivity index (χ3v) is 7.98. The van der Waals surface area contributed by atoms with Gasteiger partial charge in [-0.1, -0.05) is 56.8 Å². The summed E-state index contributed by atoms with van der Waals surface area (Å²) in [6, 6.07) is 13.6. The summed E-state index contributed by atoms with van der Waals surface area (Å²) in [5, 5.41) is 5.19. The van der Waals surface area contributed by atoms with E-state index in [-0.39, 0.29) is 11.5 Å². The number of nitrogens with zero attached hydrogens (tertiary/aromatic N) is 3. The minimum absolute atomic E-state index is 0.0767. The van der Waals surface area contributed by atoms with Gasteiger partial charge in [-0.15, -0.1) is 11.3 Å². The highest BCUT2D eigenvalue weighted by Crippen LogP contribution is 2.29. The molecular formula is C26H28N4O2S2. The molecule has 0 saturated heterocycles. The molecular weight excluding hydrogens is 464 g/mol. The van der Waals surface area contributed by atoms with Gasteiger partial charge in [0.05, 0.1) is 23.0 Å². The van der Waals surface area contributed by atoms with Crippen molar-refractivity contribution in [2.75, 3.05) is 5.32 Å². The first-order chi connectivity index (χ1) is 16.5. The minimum Gasteiger partial charge on any atom is -0.325 e. The molecule has 8 heteroatoms. The van der Waals surface area contributed by atoms with Crippen molar-refractivity contribution in [3.05, 3.63) is 81.2 Å². The van der Waals surface area contributed by atoms with Crippen LogP contribution in [-0.4, -0.2) is 25.7 Å². The number of rotatable bonds is 9. The summed E-state index contributed by atoms with van der Waals surface area (Å²) in [6.45, 7) is 6.47. The molecule has 3 aromatic heterocycles. The van der Waals surface area contributed by atoms with Crippen LogP contribution in [0.4, 0.5) is 5.69 Å². The molecule has 0 aliphatic heterocycles. The first-order valence-electron chi connectivity index (χ1n) is 11.5. The van der Waals surface area contributed by atoms with Gasteiger partial charge in [0.15, 0.2) is 5.16 Å². The molecule has 1 aromatic carbocycles. The summed E-state index contributed by atoms with van der Waals surface area (Å²) in [7, 11) is 0. The number of para-hydroxylation sites is 1. The molecule has 0 fully saturated rings. The number of fused-ring (bicyclic) bond motifs is 1. The molecule has 0 radical (unpaired) electrons. The van der Waals surface area contributed by atoms with Crippen LogP contribution < -0.4 is 10.9 Å². The first kappa shape index (κ1) is 24.2. The molecule has 1 atom stereocenters. The van der Waals surface area contributed by atoms with E-state index in [1.807, 2.05) is 42.6 Å². The molecule has 6 nitrogen and oxygen atoms in total. The Morgan fingerprint density at radius 1 is 1.09 bits per heavy atom. The molecule has 34 heavy (non-hydrogen) atoms. The van der Waals surface area contributed by atoms with Gasteiger partial charge in [-0.2, -0.15) is 0 Å². The maximum atomic E-state index is 13.4. The molecule has 0 spiro atoms. The number of nitrogens with one attached hydrogen (secondary N) is 1. The maximum Gasteiger partial charge on any atom is 0.272 e. The van der Waals surface area contributed by atoms with Crippen LogP contribution in [0.25, 0.3) is 10.2 Å². The lowest BCUT2D eigenvalue weighted by molar-refractivity contribution is -0.115. The molecule has 0 saturated carbocycles. The van der Waals surface area contributed by atoms with E-state index in [0.717, 1.165) is 35.3 Å². The highest BCUT2D eigenvalue weighted by molar-refractivity contribution is 8.00. The smallest absolute Gasteiger partial charge is 0.272 e. The Balaban J connectivity index is 1.67. The summed E-state index contributed by atoms with van der Waals surface area (Å²) in [4.78, 5) is 35.8. The number of thioether (sulfide) groups is 1. The predicted octanol–water partition coefficient (Wildman–Crippen LogP) is 5.54. The van der Waals surface area contributed by atoms with Gasteiger partial charge < -0.3 is 5.32 Å². The van der Waals surface area contributed by atoms with Gasteiger partial charge in [-0.25, -0.2) is 4.98 Å². The van der Waals surface area contributed by atoms with Gasteiger partial charge in [-0.05, 0) is 54.0 Å². The van der Waals surface area contributed by atoms with E-state index in [0.29, 0.717) is 28.3 Å². The number of aromatic nitrogens is 3.